The van der Waals surface area contributed by atoms with Crippen molar-refractivity contribution in [3.8, 4) is 11.5 Å². The van der Waals surface area contributed by atoms with Gasteiger partial charge < -0.3 is 19.7 Å². The van der Waals surface area contributed by atoms with Gasteiger partial charge in [-0.3, -0.25) is 14.0 Å². The van der Waals surface area contributed by atoms with Crippen molar-refractivity contribution in [1.82, 2.24) is 14.3 Å². The van der Waals surface area contributed by atoms with Crippen LogP contribution in [-0.2, 0) is 0 Å². The third-order valence-electron chi connectivity index (χ3n) is 4.64. The average molecular weight is 380 g/mol. The number of hydrogen-bond acceptors (Lipinski definition) is 5. The molecule has 1 aromatic carbocycles. The van der Waals surface area contributed by atoms with Crippen molar-refractivity contribution < 1.29 is 19.1 Å². The number of carbonyl (C=O) groups excluding carboxylic acids is 2. The molecule has 3 aromatic rings. The predicted molar refractivity (Wildman–Crippen MR) is 103 cm³/mol. The number of hydrogen-bond donors (Lipinski definition) is 1. The van der Waals surface area contributed by atoms with Gasteiger partial charge >= 0.3 is 0 Å². The van der Waals surface area contributed by atoms with Gasteiger partial charge in [-0.1, -0.05) is 6.07 Å². The van der Waals surface area contributed by atoms with Crippen LogP contribution in [0.2, 0.25) is 0 Å². The molecule has 0 fully saturated rings. The molecule has 8 heteroatoms. The topological polar surface area (TPSA) is 85.2 Å². The van der Waals surface area contributed by atoms with Crippen LogP contribution in [-0.4, -0.2) is 46.0 Å². The Morgan fingerprint density at radius 1 is 1.14 bits per heavy atom. The summed E-state index contributed by atoms with van der Waals surface area (Å²) in [5.41, 5.74) is 1.41. The number of ether oxygens (including phenoxy) is 2. The second kappa shape index (κ2) is 7.22. The number of anilines is 1. The SMILES string of the molecule is CCN(CC)C(=O)c1nc(C(=O)Nc2ccc3c(c2)OCO3)n2ccccc12. The average Bonchev–Trinajstić information content (AvgIpc) is 3.33. The molecule has 0 spiro atoms. The number of benzene rings is 1. The Morgan fingerprint density at radius 3 is 2.71 bits per heavy atom. The van der Waals surface area contributed by atoms with Gasteiger partial charge in [-0.25, -0.2) is 4.98 Å². The van der Waals surface area contributed by atoms with Crippen molar-refractivity contribution >= 4 is 23.0 Å². The summed E-state index contributed by atoms with van der Waals surface area (Å²) in [5, 5.41) is 2.81. The predicted octanol–water partition coefficient (Wildman–Crippen LogP) is 2.80. The smallest absolute Gasteiger partial charge is 0.292 e. The van der Waals surface area contributed by atoms with Gasteiger partial charge in [0.05, 0.1) is 5.52 Å². The maximum absolute atomic E-state index is 12.9. The zero-order valence-electron chi connectivity index (χ0n) is 15.6. The number of fused-ring (bicyclic) bond motifs is 2. The highest BCUT2D eigenvalue weighted by molar-refractivity contribution is 6.06. The Morgan fingerprint density at radius 2 is 1.93 bits per heavy atom. The van der Waals surface area contributed by atoms with E-state index in [0.29, 0.717) is 35.8 Å². The molecule has 0 radical (unpaired) electrons. The van der Waals surface area contributed by atoms with Crippen molar-refractivity contribution in [3.63, 3.8) is 0 Å². The molecule has 3 heterocycles. The van der Waals surface area contributed by atoms with E-state index in [2.05, 4.69) is 10.3 Å². The summed E-state index contributed by atoms with van der Waals surface area (Å²) < 4.78 is 12.2. The molecule has 1 aliphatic heterocycles. The van der Waals surface area contributed by atoms with Crippen LogP contribution < -0.4 is 14.8 Å². The van der Waals surface area contributed by atoms with Gasteiger partial charge in [-0.05, 0) is 38.1 Å². The summed E-state index contributed by atoms with van der Waals surface area (Å²) in [6, 6.07) is 10.5. The minimum atomic E-state index is -0.418. The highest BCUT2D eigenvalue weighted by Gasteiger charge is 2.24. The lowest BCUT2D eigenvalue weighted by Crippen LogP contribution is -2.31. The lowest BCUT2D eigenvalue weighted by molar-refractivity contribution is 0.0769. The van der Waals surface area contributed by atoms with Crippen LogP contribution in [0.15, 0.2) is 42.6 Å². The van der Waals surface area contributed by atoms with Crippen molar-refractivity contribution in [1.29, 1.82) is 0 Å². The van der Waals surface area contributed by atoms with Crippen molar-refractivity contribution in [2.24, 2.45) is 0 Å². The molecule has 8 nitrogen and oxygen atoms in total. The Bertz CT molecular complexity index is 1060. The molecule has 144 valence electrons. The van der Waals surface area contributed by atoms with E-state index in [-0.39, 0.29) is 24.2 Å². The normalized spacial score (nSPS) is 12.2. The van der Waals surface area contributed by atoms with E-state index in [9.17, 15) is 9.59 Å². The first-order chi connectivity index (χ1) is 13.6. The van der Waals surface area contributed by atoms with Crippen LogP contribution in [0.4, 0.5) is 5.69 Å². The van der Waals surface area contributed by atoms with Gasteiger partial charge in [0.25, 0.3) is 11.8 Å². The quantitative estimate of drug-likeness (QED) is 0.736. The molecule has 28 heavy (non-hydrogen) atoms. The van der Waals surface area contributed by atoms with Gasteiger partial charge in [-0.2, -0.15) is 0 Å². The number of rotatable bonds is 5. The first-order valence-electron chi connectivity index (χ1n) is 9.09. The van der Waals surface area contributed by atoms with E-state index < -0.39 is 5.91 Å². The summed E-state index contributed by atoms with van der Waals surface area (Å²) in [7, 11) is 0. The van der Waals surface area contributed by atoms with Crippen LogP contribution in [0.1, 0.15) is 35.0 Å². The Kier molecular flexibility index (Phi) is 4.60. The van der Waals surface area contributed by atoms with E-state index in [1.54, 1.807) is 45.8 Å². The van der Waals surface area contributed by atoms with Crippen molar-refractivity contribution in [2.45, 2.75) is 13.8 Å². The molecule has 2 amide bonds. The number of nitrogens with one attached hydrogen (secondary N) is 1. The Labute approximate surface area is 161 Å². The van der Waals surface area contributed by atoms with Crippen LogP contribution in [0.5, 0.6) is 11.5 Å². The zero-order chi connectivity index (χ0) is 19.7. The standard InChI is InChI=1S/C20H20N4O4/c1-3-23(4-2)20(26)17-14-7-5-6-10-24(14)18(22-17)19(25)21-13-8-9-15-16(11-13)28-12-27-15/h5-11H,3-4,12H2,1-2H3,(H,21,25). The fourth-order valence-electron chi connectivity index (χ4n) is 3.18. The van der Waals surface area contributed by atoms with Gasteiger partial charge in [0.15, 0.2) is 17.2 Å². The molecule has 0 atom stereocenters. The second-order valence-electron chi connectivity index (χ2n) is 6.24. The highest BCUT2D eigenvalue weighted by atomic mass is 16.7. The van der Waals surface area contributed by atoms with Gasteiger partial charge in [0, 0.05) is 31.0 Å². The number of carbonyl (C=O) groups is 2. The van der Waals surface area contributed by atoms with Crippen molar-refractivity contribution in [3.05, 3.63) is 54.1 Å². The third kappa shape index (κ3) is 3.02. The zero-order valence-corrected chi connectivity index (χ0v) is 15.6. The van der Waals surface area contributed by atoms with E-state index in [0.717, 1.165) is 0 Å². The number of aromatic nitrogens is 2. The summed E-state index contributed by atoms with van der Waals surface area (Å²) in [5.74, 6) is 0.734. The van der Waals surface area contributed by atoms with Gasteiger partial charge in [-0.15, -0.1) is 0 Å². The fourth-order valence-corrected chi connectivity index (χ4v) is 3.18. The molecule has 0 bridgehead atoms. The van der Waals surface area contributed by atoms with E-state index in [1.807, 2.05) is 19.9 Å². The third-order valence-corrected chi connectivity index (χ3v) is 4.64. The summed E-state index contributed by atoms with van der Waals surface area (Å²) >= 11 is 0. The summed E-state index contributed by atoms with van der Waals surface area (Å²) in [6.07, 6.45) is 1.72. The van der Waals surface area contributed by atoms with E-state index in [4.69, 9.17) is 9.47 Å². The monoisotopic (exact) mass is 380 g/mol. The number of imidazole rings is 1. The molecule has 0 saturated carbocycles. The highest BCUT2D eigenvalue weighted by Crippen LogP contribution is 2.34. The van der Waals surface area contributed by atoms with Crippen LogP contribution >= 0.6 is 0 Å². The molecule has 0 saturated heterocycles. The fraction of sp³-hybridized carbons (Fsp3) is 0.250. The molecule has 2 aromatic heterocycles. The molecular formula is C20H20N4O4. The first kappa shape index (κ1) is 17.8. The largest absolute Gasteiger partial charge is 0.454 e. The Hall–Kier alpha value is -3.55. The maximum Gasteiger partial charge on any atom is 0.292 e. The van der Waals surface area contributed by atoms with E-state index >= 15 is 0 Å². The summed E-state index contributed by atoms with van der Waals surface area (Å²) in [4.78, 5) is 31.8. The number of amides is 2. The van der Waals surface area contributed by atoms with Crippen LogP contribution in [0.25, 0.3) is 5.52 Å². The van der Waals surface area contributed by atoms with Crippen LogP contribution in [0.3, 0.4) is 0 Å². The van der Waals surface area contributed by atoms with Gasteiger partial charge in [0.2, 0.25) is 12.6 Å². The number of pyridine rings is 1. The van der Waals surface area contributed by atoms with Crippen molar-refractivity contribution in [2.75, 3.05) is 25.2 Å². The van der Waals surface area contributed by atoms with E-state index in [1.165, 1.54) is 0 Å². The lowest BCUT2D eigenvalue weighted by atomic mass is 10.2. The second-order valence-corrected chi connectivity index (χ2v) is 6.24. The minimum Gasteiger partial charge on any atom is -0.454 e. The minimum absolute atomic E-state index is 0.142. The maximum atomic E-state index is 12.9. The first-order valence-corrected chi connectivity index (χ1v) is 9.09. The lowest BCUT2D eigenvalue weighted by Gasteiger charge is -2.17. The molecule has 0 unspecified atom stereocenters. The van der Waals surface area contributed by atoms with Crippen LogP contribution in [0, 0.1) is 0 Å². The Balaban J connectivity index is 1.68. The summed E-state index contributed by atoms with van der Waals surface area (Å²) in [6.45, 7) is 5.12. The molecule has 1 N–H and O–H groups in total. The molecule has 1 aliphatic rings. The van der Waals surface area contributed by atoms with Gasteiger partial charge in [0.1, 0.15) is 0 Å². The molecular weight excluding hydrogens is 360 g/mol. The number of nitrogens with zero attached hydrogens (tertiary/aromatic N) is 3. The molecule has 4 rings (SSSR count). The molecule has 0 aliphatic carbocycles.